The van der Waals surface area contributed by atoms with Crippen LogP contribution in [0.2, 0.25) is 0 Å². The molecular weight excluding hydrogens is 332 g/mol. The van der Waals surface area contributed by atoms with Crippen LogP contribution in [-0.2, 0) is 4.79 Å². The normalized spacial score (nSPS) is 14.2. The van der Waals surface area contributed by atoms with Gasteiger partial charge in [-0.25, -0.2) is 0 Å². The maximum absolute atomic E-state index is 12.4. The van der Waals surface area contributed by atoms with E-state index in [1.807, 2.05) is 55.1 Å². The lowest BCUT2D eigenvalue weighted by atomic mass is 10.2. The standard InChI is InChI=1S/C19H24N4O3/c1-3-25-18-8-7-17(20-21-18)22-9-11-23(12-10-22)19(24)14-26-16-6-4-5-15(2)13-16/h4-8,13H,3,9-12,14H2,1-2H3. The minimum absolute atomic E-state index is 0.00364. The molecular formula is C19H24N4O3. The number of piperazine rings is 1. The minimum Gasteiger partial charge on any atom is -0.484 e. The summed E-state index contributed by atoms with van der Waals surface area (Å²) in [6.07, 6.45) is 0. The van der Waals surface area contributed by atoms with Crippen molar-refractivity contribution in [1.82, 2.24) is 15.1 Å². The van der Waals surface area contributed by atoms with Crippen molar-refractivity contribution in [1.29, 1.82) is 0 Å². The molecule has 7 nitrogen and oxygen atoms in total. The van der Waals surface area contributed by atoms with E-state index in [0.717, 1.165) is 30.2 Å². The number of aryl methyl sites for hydroxylation is 1. The predicted octanol–water partition coefficient (Wildman–Crippen LogP) is 1.91. The number of aromatic nitrogens is 2. The molecule has 1 aromatic carbocycles. The summed E-state index contributed by atoms with van der Waals surface area (Å²) >= 11 is 0. The molecule has 1 saturated heterocycles. The van der Waals surface area contributed by atoms with Crippen LogP contribution in [0.25, 0.3) is 0 Å². The van der Waals surface area contributed by atoms with Crippen LogP contribution in [0.15, 0.2) is 36.4 Å². The fourth-order valence-electron chi connectivity index (χ4n) is 2.83. The number of anilines is 1. The maximum Gasteiger partial charge on any atom is 0.260 e. The number of ether oxygens (including phenoxy) is 2. The Morgan fingerprint density at radius 1 is 1.08 bits per heavy atom. The summed E-state index contributed by atoms with van der Waals surface area (Å²) < 4.78 is 10.9. The van der Waals surface area contributed by atoms with Gasteiger partial charge in [-0.2, -0.15) is 0 Å². The monoisotopic (exact) mass is 356 g/mol. The fraction of sp³-hybridized carbons (Fsp3) is 0.421. The molecule has 0 unspecified atom stereocenters. The zero-order valence-electron chi connectivity index (χ0n) is 15.2. The third kappa shape index (κ3) is 4.62. The molecule has 0 atom stereocenters. The highest BCUT2D eigenvalue weighted by Gasteiger charge is 2.22. The summed E-state index contributed by atoms with van der Waals surface area (Å²) in [5.74, 6) is 2.06. The average Bonchev–Trinajstić information content (AvgIpc) is 2.67. The van der Waals surface area contributed by atoms with Crippen molar-refractivity contribution in [3.8, 4) is 11.6 Å². The summed E-state index contributed by atoms with van der Waals surface area (Å²) in [7, 11) is 0. The van der Waals surface area contributed by atoms with E-state index < -0.39 is 0 Å². The van der Waals surface area contributed by atoms with E-state index in [2.05, 4.69) is 15.1 Å². The zero-order chi connectivity index (χ0) is 18.4. The first kappa shape index (κ1) is 18.0. The number of rotatable bonds is 6. The maximum atomic E-state index is 12.4. The van der Waals surface area contributed by atoms with Gasteiger partial charge < -0.3 is 19.3 Å². The van der Waals surface area contributed by atoms with Crippen molar-refractivity contribution in [2.45, 2.75) is 13.8 Å². The molecule has 0 spiro atoms. The predicted molar refractivity (Wildman–Crippen MR) is 98.7 cm³/mol. The molecule has 3 rings (SSSR count). The van der Waals surface area contributed by atoms with Crippen LogP contribution in [0.3, 0.4) is 0 Å². The zero-order valence-corrected chi connectivity index (χ0v) is 15.2. The number of hydrogen-bond donors (Lipinski definition) is 0. The lowest BCUT2D eigenvalue weighted by Gasteiger charge is -2.35. The highest BCUT2D eigenvalue weighted by Crippen LogP contribution is 2.16. The molecule has 0 aliphatic carbocycles. The molecule has 0 saturated carbocycles. The molecule has 1 aliphatic rings. The van der Waals surface area contributed by atoms with Crippen LogP contribution in [-0.4, -0.2) is 60.4 Å². The molecule has 1 aromatic heterocycles. The van der Waals surface area contributed by atoms with Crippen molar-refractivity contribution in [2.24, 2.45) is 0 Å². The van der Waals surface area contributed by atoms with E-state index in [1.165, 1.54) is 0 Å². The molecule has 0 N–H and O–H groups in total. The number of carbonyl (C=O) groups excluding carboxylic acids is 1. The molecule has 7 heteroatoms. The summed E-state index contributed by atoms with van der Waals surface area (Å²) in [6, 6.07) is 11.4. The van der Waals surface area contributed by atoms with E-state index in [0.29, 0.717) is 25.6 Å². The Morgan fingerprint density at radius 2 is 1.88 bits per heavy atom. The number of amides is 1. The van der Waals surface area contributed by atoms with Crippen LogP contribution >= 0.6 is 0 Å². The largest absolute Gasteiger partial charge is 0.484 e. The van der Waals surface area contributed by atoms with Gasteiger partial charge in [0.25, 0.3) is 5.91 Å². The van der Waals surface area contributed by atoms with Crippen molar-refractivity contribution >= 4 is 11.7 Å². The number of hydrogen-bond acceptors (Lipinski definition) is 6. The molecule has 26 heavy (non-hydrogen) atoms. The van der Waals surface area contributed by atoms with Gasteiger partial charge in [-0.3, -0.25) is 4.79 Å². The highest BCUT2D eigenvalue weighted by molar-refractivity contribution is 5.78. The summed E-state index contributed by atoms with van der Waals surface area (Å²) in [6.45, 7) is 7.27. The topological polar surface area (TPSA) is 67.8 Å². The second-order valence-electron chi connectivity index (χ2n) is 6.14. The van der Waals surface area contributed by atoms with Crippen LogP contribution in [0.1, 0.15) is 12.5 Å². The van der Waals surface area contributed by atoms with Crippen LogP contribution in [0, 0.1) is 6.92 Å². The SMILES string of the molecule is CCOc1ccc(N2CCN(C(=O)COc3cccc(C)c3)CC2)nn1. The summed E-state index contributed by atoms with van der Waals surface area (Å²) in [4.78, 5) is 16.3. The van der Waals surface area contributed by atoms with Crippen LogP contribution in [0.4, 0.5) is 5.82 Å². The molecule has 0 radical (unpaired) electrons. The Bertz CT molecular complexity index is 728. The van der Waals surface area contributed by atoms with Gasteiger partial charge in [-0.15, -0.1) is 10.2 Å². The summed E-state index contributed by atoms with van der Waals surface area (Å²) in [5, 5.41) is 8.25. The first-order valence-corrected chi connectivity index (χ1v) is 8.84. The van der Waals surface area contributed by atoms with E-state index in [4.69, 9.17) is 9.47 Å². The lowest BCUT2D eigenvalue weighted by molar-refractivity contribution is -0.133. The van der Waals surface area contributed by atoms with Gasteiger partial charge in [0.05, 0.1) is 6.61 Å². The molecule has 0 bridgehead atoms. The van der Waals surface area contributed by atoms with E-state index >= 15 is 0 Å². The van der Waals surface area contributed by atoms with Gasteiger partial charge in [0.15, 0.2) is 12.4 Å². The van der Waals surface area contributed by atoms with Gasteiger partial charge in [0.1, 0.15) is 5.75 Å². The fourth-order valence-corrected chi connectivity index (χ4v) is 2.83. The minimum atomic E-state index is 0.00364. The smallest absolute Gasteiger partial charge is 0.260 e. The third-order valence-corrected chi connectivity index (χ3v) is 4.23. The Hall–Kier alpha value is -2.83. The van der Waals surface area contributed by atoms with Gasteiger partial charge in [0.2, 0.25) is 5.88 Å². The molecule has 138 valence electrons. The Kier molecular flexibility index (Phi) is 5.88. The van der Waals surface area contributed by atoms with E-state index in [-0.39, 0.29) is 12.5 Å². The molecule has 1 fully saturated rings. The van der Waals surface area contributed by atoms with E-state index in [1.54, 1.807) is 0 Å². The molecule has 1 aliphatic heterocycles. The Morgan fingerprint density at radius 3 is 2.54 bits per heavy atom. The quantitative estimate of drug-likeness (QED) is 0.788. The van der Waals surface area contributed by atoms with Crippen molar-refractivity contribution < 1.29 is 14.3 Å². The molecule has 2 aromatic rings. The van der Waals surface area contributed by atoms with Gasteiger partial charge in [-0.05, 0) is 37.6 Å². The van der Waals surface area contributed by atoms with Crippen LogP contribution < -0.4 is 14.4 Å². The van der Waals surface area contributed by atoms with Crippen molar-refractivity contribution in [3.05, 3.63) is 42.0 Å². The third-order valence-electron chi connectivity index (χ3n) is 4.23. The van der Waals surface area contributed by atoms with Gasteiger partial charge in [-0.1, -0.05) is 12.1 Å². The number of nitrogens with zero attached hydrogens (tertiary/aromatic N) is 4. The number of benzene rings is 1. The average molecular weight is 356 g/mol. The van der Waals surface area contributed by atoms with Crippen molar-refractivity contribution in [2.75, 3.05) is 44.3 Å². The van der Waals surface area contributed by atoms with E-state index in [9.17, 15) is 4.79 Å². The number of carbonyl (C=O) groups is 1. The van der Waals surface area contributed by atoms with Crippen molar-refractivity contribution in [3.63, 3.8) is 0 Å². The Labute approximate surface area is 153 Å². The highest BCUT2D eigenvalue weighted by atomic mass is 16.5. The molecule has 1 amide bonds. The first-order chi connectivity index (χ1) is 12.7. The lowest BCUT2D eigenvalue weighted by Crippen LogP contribution is -2.50. The first-order valence-electron chi connectivity index (χ1n) is 8.84. The second kappa shape index (κ2) is 8.51. The van der Waals surface area contributed by atoms with Crippen LogP contribution in [0.5, 0.6) is 11.6 Å². The van der Waals surface area contributed by atoms with Gasteiger partial charge in [0, 0.05) is 32.2 Å². The second-order valence-corrected chi connectivity index (χ2v) is 6.14. The summed E-state index contributed by atoms with van der Waals surface area (Å²) in [5.41, 5.74) is 1.11. The Balaban J connectivity index is 1.47. The van der Waals surface area contributed by atoms with Gasteiger partial charge >= 0.3 is 0 Å². The molecule has 2 heterocycles.